The van der Waals surface area contributed by atoms with Crippen molar-refractivity contribution >= 4 is 11.6 Å². The minimum Gasteiger partial charge on any atom is -0.508 e. The number of amides is 1. The number of aromatic nitrogens is 3. The molecule has 0 bridgehead atoms. The average Bonchev–Trinajstić information content (AvgIpc) is 2.58. The first-order valence-corrected chi connectivity index (χ1v) is 7.15. The monoisotopic (exact) mass is 321 g/mol. The summed E-state index contributed by atoms with van der Waals surface area (Å²) < 4.78 is 0. The summed E-state index contributed by atoms with van der Waals surface area (Å²) in [5.74, 6) is -0.403. The summed E-state index contributed by atoms with van der Waals surface area (Å²) in [5.41, 5.74) is 13.9. The van der Waals surface area contributed by atoms with Gasteiger partial charge in [0, 0.05) is 23.5 Å². The highest BCUT2D eigenvalue weighted by atomic mass is 16.3. The van der Waals surface area contributed by atoms with E-state index in [2.05, 4.69) is 15.0 Å². The van der Waals surface area contributed by atoms with Crippen molar-refractivity contribution in [1.29, 1.82) is 0 Å². The fraction of sp³-hybridized carbons (Fsp3) is 0.0588. The van der Waals surface area contributed by atoms with Gasteiger partial charge in [0.05, 0.1) is 11.4 Å². The largest absolute Gasteiger partial charge is 0.508 e. The molecule has 0 atom stereocenters. The molecule has 0 unspecified atom stereocenters. The first-order valence-electron chi connectivity index (χ1n) is 7.15. The maximum atomic E-state index is 11.7. The summed E-state index contributed by atoms with van der Waals surface area (Å²) in [6, 6.07) is 8.33. The smallest absolute Gasteiger partial charge is 0.269 e. The number of hydrogen-bond acceptors (Lipinski definition) is 6. The molecule has 0 aliphatic rings. The van der Waals surface area contributed by atoms with E-state index in [1.54, 1.807) is 36.7 Å². The van der Waals surface area contributed by atoms with Gasteiger partial charge in [0.25, 0.3) is 5.91 Å². The third-order valence-electron chi connectivity index (χ3n) is 3.58. The number of anilines is 1. The molecule has 0 fully saturated rings. The van der Waals surface area contributed by atoms with Crippen LogP contribution in [0.25, 0.3) is 22.6 Å². The molecule has 0 aliphatic carbocycles. The summed E-state index contributed by atoms with van der Waals surface area (Å²) >= 11 is 0. The van der Waals surface area contributed by atoms with Crippen molar-refractivity contribution < 1.29 is 9.90 Å². The van der Waals surface area contributed by atoms with Crippen LogP contribution in [0.1, 0.15) is 16.1 Å². The number of phenolic OH excluding ortho intramolecular Hbond substituents is 1. The Morgan fingerprint density at radius 2 is 2.00 bits per heavy atom. The van der Waals surface area contributed by atoms with Gasteiger partial charge >= 0.3 is 0 Å². The van der Waals surface area contributed by atoms with Crippen LogP contribution in [-0.4, -0.2) is 26.0 Å². The second-order valence-electron chi connectivity index (χ2n) is 5.26. The van der Waals surface area contributed by atoms with Crippen LogP contribution >= 0.6 is 0 Å². The number of aromatic hydroxyl groups is 1. The molecule has 5 N–H and O–H groups in total. The van der Waals surface area contributed by atoms with E-state index in [0.717, 1.165) is 5.56 Å². The topological polar surface area (TPSA) is 128 Å². The Bertz CT molecular complexity index is 926. The lowest BCUT2D eigenvalue weighted by molar-refractivity contribution is 0.0996. The predicted molar refractivity (Wildman–Crippen MR) is 90.0 cm³/mol. The Morgan fingerprint density at radius 1 is 1.21 bits per heavy atom. The zero-order chi connectivity index (χ0) is 17.3. The Kier molecular flexibility index (Phi) is 3.83. The minimum absolute atomic E-state index is 0.0668. The molecule has 0 saturated carbocycles. The number of hydrogen-bond donors (Lipinski definition) is 3. The molecule has 2 heterocycles. The summed E-state index contributed by atoms with van der Waals surface area (Å²) in [4.78, 5) is 24.4. The van der Waals surface area contributed by atoms with Gasteiger partial charge in [-0.15, -0.1) is 0 Å². The van der Waals surface area contributed by atoms with Crippen LogP contribution in [0.2, 0.25) is 0 Å². The summed E-state index contributed by atoms with van der Waals surface area (Å²) in [6.07, 6.45) is 3.20. The quantitative estimate of drug-likeness (QED) is 0.676. The van der Waals surface area contributed by atoms with Crippen molar-refractivity contribution in [2.75, 3.05) is 5.73 Å². The molecule has 0 saturated heterocycles. The van der Waals surface area contributed by atoms with Crippen LogP contribution in [0.3, 0.4) is 0 Å². The van der Waals surface area contributed by atoms with Crippen molar-refractivity contribution in [2.24, 2.45) is 5.73 Å². The van der Waals surface area contributed by atoms with Crippen LogP contribution in [-0.2, 0) is 0 Å². The van der Waals surface area contributed by atoms with E-state index in [4.69, 9.17) is 11.5 Å². The van der Waals surface area contributed by atoms with E-state index in [9.17, 15) is 9.90 Å². The second-order valence-corrected chi connectivity index (χ2v) is 5.26. The number of primary amides is 1. The molecule has 0 radical (unpaired) electrons. The number of aryl methyl sites for hydroxylation is 1. The van der Waals surface area contributed by atoms with E-state index >= 15 is 0 Å². The molecule has 24 heavy (non-hydrogen) atoms. The van der Waals surface area contributed by atoms with Crippen molar-refractivity contribution in [2.45, 2.75) is 6.92 Å². The third-order valence-corrected chi connectivity index (χ3v) is 3.58. The molecule has 1 aromatic carbocycles. The molecular formula is C17H15N5O2. The fourth-order valence-electron chi connectivity index (χ4n) is 2.35. The van der Waals surface area contributed by atoms with Crippen LogP contribution in [0.4, 0.5) is 5.69 Å². The first-order chi connectivity index (χ1) is 11.5. The van der Waals surface area contributed by atoms with Crippen LogP contribution in [0.5, 0.6) is 5.75 Å². The normalized spacial score (nSPS) is 10.5. The number of pyridine rings is 1. The van der Waals surface area contributed by atoms with Crippen molar-refractivity contribution in [3.8, 4) is 28.4 Å². The Labute approximate surface area is 138 Å². The van der Waals surface area contributed by atoms with Crippen molar-refractivity contribution in [1.82, 2.24) is 15.0 Å². The van der Waals surface area contributed by atoms with Gasteiger partial charge in [-0.3, -0.25) is 9.78 Å². The van der Waals surface area contributed by atoms with E-state index in [-0.39, 0.29) is 23.0 Å². The molecule has 1 amide bonds. The van der Waals surface area contributed by atoms with E-state index in [1.807, 2.05) is 6.92 Å². The van der Waals surface area contributed by atoms with Gasteiger partial charge in [-0.05, 0) is 36.8 Å². The molecule has 0 aliphatic heterocycles. The molecule has 120 valence electrons. The lowest BCUT2D eigenvalue weighted by atomic mass is 10.0. The summed E-state index contributed by atoms with van der Waals surface area (Å²) in [5, 5.41) is 9.77. The summed E-state index contributed by atoms with van der Waals surface area (Å²) in [6.45, 7) is 1.85. The Morgan fingerprint density at radius 3 is 2.67 bits per heavy atom. The lowest BCUT2D eigenvalue weighted by Gasteiger charge is -2.13. The second kappa shape index (κ2) is 5.96. The molecule has 2 aromatic heterocycles. The average molecular weight is 321 g/mol. The summed E-state index contributed by atoms with van der Waals surface area (Å²) in [7, 11) is 0. The van der Waals surface area contributed by atoms with Gasteiger partial charge < -0.3 is 16.6 Å². The van der Waals surface area contributed by atoms with E-state index < -0.39 is 5.91 Å². The number of benzene rings is 1. The number of nitrogens with zero attached hydrogens (tertiary/aromatic N) is 3. The predicted octanol–water partition coefficient (Wildman–Crippen LogP) is 1.90. The highest BCUT2D eigenvalue weighted by Gasteiger charge is 2.19. The van der Waals surface area contributed by atoms with Gasteiger partial charge in [-0.25, -0.2) is 9.97 Å². The van der Waals surface area contributed by atoms with Crippen molar-refractivity contribution in [3.63, 3.8) is 0 Å². The Balaban J connectivity index is 2.31. The fourth-order valence-corrected chi connectivity index (χ4v) is 2.35. The van der Waals surface area contributed by atoms with Gasteiger partial charge in [0.15, 0.2) is 11.5 Å². The van der Waals surface area contributed by atoms with Gasteiger partial charge in [0.1, 0.15) is 5.75 Å². The number of rotatable bonds is 3. The molecule has 3 aromatic rings. The van der Waals surface area contributed by atoms with Gasteiger partial charge in [-0.1, -0.05) is 6.07 Å². The molecule has 7 nitrogen and oxygen atoms in total. The lowest BCUT2D eigenvalue weighted by Crippen LogP contribution is -2.18. The van der Waals surface area contributed by atoms with Gasteiger partial charge in [0.2, 0.25) is 0 Å². The highest BCUT2D eigenvalue weighted by molar-refractivity contribution is 5.99. The number of carbonyl (C=O) groups excluding carboxylic acids is 1. The first kappa shape index (κ1) is 15.4. The van der Waals surface area contributed by atoms with E-state index in [1.165, 1.54) is 6.07 Å². The third kappa shape index (κ3) is 2.74. The standard InChI is InChI=1S/C17H15N5O2/c1-9-4-5-11(23)7-12(9)14-13(18)15(16(19)24)22-17(21-14)10-3-2-6-20-8-10/h2-8,23H,18H2,1H3,(H2,19,24). The Hall–Kier alpha value is -3.48. The molecule has 0 spiro atoms. The van der Waals surface area contributed by atoms with Crippen molar-refractivity contribution in [3.05, 3.63) is 54.0 Å². The number of carbonyl (C=O) groups is 1. The van der Waals surface area contributed by atoms with Crippen LogP contribution in [0, 0.1) is 6.92 Å². The maximum Gasteiger partial charge on any atom is 0.269 e. The molecule has 3 rings (SSSR count). The van der Waals surface area contributed by atoms with Gasteiger partial charge in [-0.2, -0.15) is 0 Å². The molecular weight excluding hydrogens is 306 g/mol. The number of nitrogen functional groups attached to an aromatic ring is 1. The van der Waals surface area contributed by atoms with Crippen LogP contribution in [0.15, 0.2) is 42.7 Å². The number of phenols is 1. The minimum atomic E-state index is -0.751. The molecule has 7 heteroatoms. The van der Waals surface area contributed by atoms with E-state index in [0.29, 0.717) is 16.8 Å². The highest BCUT2D eigenvalue weighted by Crippen LogP contribution is 2.32. The SMILES string of the molecule is Cc1ccc(O)cc1-c1nc(-c2cccnc2)nc(C(N)=O)c1N. The zero-order valence-corrected chi connectivity index (χ0v) is 12.9. The van der Waals surface area contributed by atoms with Crippen LogP contribution < -0.4 is 11.5 Å². The zero-order valence-electron chi connectivity index (χ0n) is 12.9. The maximum absolute atomic E-state index is 11.7. The number of nitrogens with two attached hydrogens (primary N) is 2.